The Balaban J connectivity index is 1.92. The van der Waals surface area contributed by atoms with Gasteiger partial charge in [-0.05, 0) is 48.9 Å². The van der Waals surface area contributed by atoms with Crippen molar-refractivity contribution >= 4 is 29.0 Å². The van der Waals surface area contributed by atoms with Gasteiger partial charge in [-0.3, -0.25) is 4.79 Å². The van der Waals surface area contributed by atoms with Gasteiger partial charge in [-0.2, -0.15) is 0 Å². The van der Waals surface area contributed by atoms with Crippen LogP contribution in [0.5, 0.6) is 0 Å². The minimum Gasteiger partial charge on any atom is -0.399 e. The second kappa shape index (κ2) is 6.43. The van der Waals surface area contributed by atoms with Gasteiger partial charge in [0.2, 0.25) is 5.91 Å². The molecule has 20 heavy (non-hydrogen) atoms. The Morgan fingerprint density at radius 2 is 1.95 bits per heavy atom. The maximum absolute atomic E-state index is 13.1. The Morgan fingerprint density at radius 3 is 2.65 bits per heavy atom. The highest BCUT2D eigenvalue weighted by atomic mass is 32.2. The van der Waals surface area contributed by atoms with Crippen LogP contribution in [0.25, 0.3) is 0 Å². The summed E-state index contributed by atoms with van der Waals surface area (Å²) in [6, 6.07) is 11.6. The Kier molecular flexibility index (Phi) is 4.63. The second-order valence-electron chi connectivity index (χ2n) is 4.37. The molecule has 0 aliphatic carbocycles. The van der Waals surface area contributed by atoms with E-state index in [2.05, 4.69) is 5.32 Å². The van der Waals surface area contributed by atoms with Gasteiger partial charge < -0.3 is 11.1 Å². The maximum Gasteiger partial charge on any atom is 0.234 e. The highest BCUT2D eigenvalue weighted by Gasteiger charge is 2.06. The van der Waals surface area contributed by atoms with Crippen molar-refractivity contribution in [3.05, 3.63) is 53.8 Å². The molecular formula is C15H15FN2OS. The molecule has 0 aromatic heterocycles. The number of anilines is 2. The highest BCUT2D eigenvalue weighted by Crippen LogP contribution is 2.20. The molecule has 0 saturated carbocycles. The number of halogens is 1. The summed E-state index contributed by atoms with van der Waals surface area (Å²) < 4.78 is 13.1. The third-order valence-electron chi connectivity index (χ3n) is 2.72. The van der Waals surface area contributed by atoms with E-state index in [1.165, 1.54) is 23.9 Å². The molecule has 0 aliphatic rings. The third kappa shape index (κ3) is 3.99. The smallest absolute Gasteiger partial charge is 0.234 e. The Morgan fingerprint density at radius 1 is 1.25 bits per heavy atom. The van der Waals surface area contributed by atoms with Crippen LogP contribution in [0.3, 0.4) is 0 Å². The number of amides is 1. The lowest BCUT2D eigenvalue weighted by Gasteiger charge is -2.08. The van der Waals surface area contributed by atoms with E-state index < -0.39 is 0 Å². The summed E-state index contributed by atoms with van der Waals surface area (Å²) in [7, 11) is 0. The zero-order chi connectivity index (χ0) is 14.5. The van der Waals surface area contributed by atoms with Crippen LogP contribution in [-0.2, 0) is 4.79 Å². The number of thioether (sulfide) groups is 1. The summed E-state index contributed by atoms with van der Waals surface area (Å²) in [4.78, 5) is 12.8. The zero-order valence-electron chi connectivity index (χ0n) is 11.0. The van der Waals surface area contributed by atoms with E-state index in [1.54, 1.807) is 18.2 Å². The van der Waals surface area contributed by atoms with Crippen molar-refractivity contribution < 1.29 is 9.18 Å². The van der Waals surface area contributed by atoms with Gasteiger partial charge >= 0.3 is 0 Å². The number of hydrogen-bond donors (Lipinski definition) is 2. The first-order valence-corrected chi connectivity index (χ1v) is 7.07. The molecule has 0 fully saturated rings. The molecule has 0 unspecified atom stereocenters. The molecule has 104 valence electrons. The van der Waals surface area contributed by atoms with Gasteiger partial charge in [0.15, 0.2) is 0 Å². The first kappa shape index (κ1) is 14.4. The number of nitrogens with two attached hydrogens (primary N) is 1. The largest absolute Gasteiger partial charge is 0.399 e. The molecule has 3 nitrogen and oxygen atoms in total. The fraction of sp³-hybridized carbons (Fsp3) is 0.133. The molecular weight excluding hydrogens is 275 g/mol. The van der Waals surface area contributed by atoms with Crippen LogP contribution < -0.4 is 11.1 Å². The Labute approximate surface area is 121 Å². The zero-order valence-corrected chi connectivity index (χ0v) is 11.8. The number of benzene rings is 2. The summed E-state index contributed by atoms with van der Waals surface area (Å²) in [5.41, 5.74) is 7.62. The van der Waals surface area contributed by atoms with Gasteiger partial charge in [0.25, 0.3) is 0 Å². The quantitative estimate of drug-likeness (QED) is 0.670. The molecule has 2 aromatic carbocycles. The number of nitrogen functional groups attached to an aromatic ring is 1. The van der Waals surface area contributed by atoms with Crippen molar-refractivity contribution in [2.24, 2.45) is 0 Å². The molecule has 0 saturated heterocycles. The Bertz CT molecular complexity index is 614. The van der Waals surface area contributed by atoms with E-state index in [9.17, 15) is 9.18 Å². The molecule has 2 rings (SSSR count). The summed E-state index contributed by atoms with van der Waals surface area (Å²) in [5, 5.41) is 2.71. The fourth-order valence-corrected chi connectivity index (χ4v) is 2.33. The molecule has 3 N–H and O–H groups in total. The standard InChI is InChI=1S/C15H15FN2OS/c1-10-2-3-11(16)8-14(10)18-15(19)9-20-13-6-4-12(17)5-7-13/h2-8H,9,17H2,1H3,(H,18,19). The predicted octanol–water partition coefficient (Wildman–Crippen LogP) is 3.45. The lowest BCUT2D eigenvalue weighted by molar-refractivity contribution is -0.113. The lowest BCUT2D eigenvalue weighted by Crippen LogP contribution is -2.14. The third-order valence-corrected chi connectivity index (χ3v) is 3.74. The average Bonchev–Trinajstić information content (AvgIpc) is 2.42. The minimum absolute atomic E-state index is 0.166. The molecule has 0 heterocycles. The number of nitrogens with one attached hydrogen (secondary N) is 1. The first-order valence-electron chi connectivity index (χ1n) is 6.09. The molecule has 0 aliphatic heterocycles. The molecule has 5 heteroatoms. The van der Waals surface area contributed by atoms with Crippen LogP contribution in [0.1, 0.15) is 5.56 Å². The molecule has 0 radical (unpaired) electrons. The van der Waals surface area contributed by atoms with Crippen molar-refractivity contribution in [3.63, 3.8) is 0 Å². The predicted molar refractivity (Wildman–Crippen MR) is 81.3 cm³/mol. The summed E-state index contributed by atoms with van der Waals surface area (Å²) in [6.07, 6.45) is 0. The van der Waals surface area contributed by atoms with Crippen LogP contribution >= 0.6 is 11.8 Å². The van der Waals surface area contributed by atoms with Crippen LogP contribution in [0.2, 0.25) is 0 Å². The molecule has 0 atom stereocenters. The van der Waals surface area contributed by atoms with E-state index in [0.29, 0.717) is 11.4 Å². The fourth-order valence-electron chi connectivity index (χ4n) is 1.63. The summed E-state index contributed by atoms with van der Waals surface area (Å²) in [6.45, 7) is 1.82. The van der Waals surface area contributed by atoms with E-state index in [-0.39, 0.29) is 17.5 Å². The normalized spacial score (nSPS) is 10.3. The second-order valence-corrected chi connectivity index (χ2v) is 5.41. The van der Waals surface area contributed by atoms with Crippen molar-refractivity contribution in [2.45, 2.75) is 11.8 Å². The highest BCUT2D eigenvalue weighted by molar-refractivity contribution is 8.00. The van der Waals surface area contributed by atoms with Gasteiger partial charge in [0, 0.05) is 16.3 Å². The van der Waals surface area contributed by atoms with Crippen molar-refractivity contribution in [1.29, 1.82) is 0 Å². The monoisotopic (exact) mass is 290 g/mol. The van der Waals surface area contributed by atoms with E-state index in [4.69, 9.17) is 5.73 Å². The molecule has 1 amide bonds. The van der Waals surface area contributed by atoms with Crippen molar-refractivity contribution in [1.82, 2.24) is 0 Å². The van der Waals surface area contributed by atoms with Crippen LogP contribution in [0, 0.1) is 12.7 Å². The van der Waals surface area contributed by atoms with Gasteiger partial charge in [-0.15, -0.1) is 11.8 Å². The molecule has 0 bridgehead atoms. The minimum atomic E-state index is -0.364. The number of carbonyl (C=O) groups excluding carboxylic acids is 1. The summed E-state index contributed by atoms with van der Waals surface area (Å²) >= 11 is 1.41. The average molecular weight is 290 g/mol. The van der Waals surface area contributed by atoms with Gasteiger partial charge in [-0.1, -0.05) is 6.07 Å². The maximum atomic E-state index is 13.1. The van der Waals surface area contributed by atoms with Gasteiger partial charge in [0.1, 0.15) is 5.82 Å². The number of carbonyl (C=O) groups is 1. The SMILES string of the molecule is Cc1ccc(F)cc1NC(=O)CSc1ccc(N)cc1. The number of hydrogen-bond acceptors (Lipinski definition) is 3. The van der Waals surface area contributed by atoms with E-state index in [1.807, 2.05) is 19.1 Å². The van der Waals surface area contributed by atoms with E-state index in [0.717, 1.165) is 10.5 Å². The topological polar surface area (TPSA) is 55.1 Å². The van der Waals surface area contributed by atoms with Crippen LogP contribution in [0.4, 0.5) is 15.8 Å². The van der Waals surface area contributed by atoms with Crippen molar-refractivity contribution in [2.75, 3.05) is 16.8 Å². The summed E-state index contributed by atoms with van der Waals surface area (Å²) in [5.74, 6) is -0.266. The molecule has 2 aromatic rings. The van der Waals surface area contributed by atoms with Gasteiger partial charge in [-0.25, -0.2) is 4.39 Å². The van der Waals surface area contributed by atoms with Crippen LogP contribution in [0.15, 0.2) is 47.4 Å². The van der Waals surface area contributed by atoms with Gasteiger partial charge in [0.05, 0.1) is 5.75 Å². The lowest BCUT2D eigenvalue weighted by atomic mass is 10.2. The number of aryl methyl sites for hydroxylation is 1. The van der Waals surface area contributed by atoms with E-state index >= 15 is 0 Å². The first-order chi connectivity index (χ1) is 9.54. The molecule has 0 spiro atoms. The number of rotatable bonds is 4. The van der Waals surface area contributed by atoms with Crippen molar-refractivity contribution in [3.8, 4) is 0 Å². The Hall–Kier alpha value is -2.01. The van der Waals surface area contributed by atoms with Crippen LogP contribution in [-0.4, -0.2) is 11.7 Å².